The summed E-state index contributed by atoms with van der Waals surface area (Å²) in [4.78, 5) is 26.0. The van der Waals surface area contributed by atoms with Crippen LogP contribution >= 0.6 is 23.4 Å². The Balaban J connectivity index is 2.23. The summed E-state index contributed by atoms with van der Waals surface area (Å²) in [5, 5.41) is 3.37. The second-order valence-corrected chi connectivity index (χ2v) is 5.21. The van der Waals surface area contributed by atoms with Gasteiger partial charge in [0.1, 0.15) is 0 Å². The van der Waals surface area contributed by atoms with E-state index >= 15 is 0 Å². The van der Waals surface area contributed by atoms with Gasteiger partial charge in [-0.25, -0.2) is 0 Å². The van der Waals surface area contributed by atoms with E-state index in [1.165, 1.54) is 16.4 Å². The molecular formula is C11H11ClN4O2S. The third kappa shape index (κ3) is 3.18. The maximum absolute atomic E-state index is 11.2. The molecule has 2 rings (SSSR count). The first kappa shape index (κ1) is 13.7. The number of nitrogens with one attached hydrogen (secondary N) is 1. The van der Waals surface area contributed by atoms with Gasteiger partial charge in [0.15, 0.2) is 5.16 Å². The molecule has 2 aromatic rings. The van der Waals surface area contributed by atoms with E-state index in [4.69, 9.17) is 17.3 Å². The van der Waals surface area contributed by atoms with Gasteiger partial charge in [-0.05, 0) is 23.8 Å². The molecule has 0 saturated carbocycles. The first-order chi connectivity index (χ1) is 8.97. The van der Waals surface area contributed by atoms with Gasteiger partial charge in [-0.15, -0.1) is 0 Å². The summed E-state index contributed by atoms with van der Waals surface area (Å²) in [7, 11) is 1.61. The van der Waals surface area contributed by atoms with Gasteiger partial charge in [0.2, 0.25) is 0 Å². The SMILES string of the molecule is Cn1[nH]c(=O)c(=O)nc1SCc1cc(Cl)ccc1N. The highest BCUT2D eigenvalue weighted by Crippen LogP contribution is 2.25. The van der Waals surface area contributed by atoms with E-state index in [0.29, 0.717) is 21.6 Å². The van der Waals surface area contributed by atoms with E-state index in [1.54, 1.807) is 25.2 Å². The van der Waals surface area contributed by atoms with Crippen LogP contribution in [0.4, 0.5) is 5.69 Å². The van der Waals surface area contributed by atoms with Gasteiger partial charge in [-0.2, -0.15) is 4.98 Å². The van der Waals surface area contributed by atoms with Crippen LogP contribution in [0.1, 0.15) is 5.56 Å². The Morgan fingerprint density at radius 3 is 2.95 bits per heavy atom. The van der Waals surface area contributed by atoms with Crippen molar-refractivity contribution < 1.29 is 0 Å². The van der Waals surface area contributed by atoms with Crippen molar-refractivity contribution in [2.45, 2.75) is 10.9 Å². The molecule has 0 fully saturated rings. The highest BCUT2D eigenvalue weighted by atomic mass is 35.5. The van der Waals surface area contributed by atoms with Crippen LogP contribution in [-0.4, -0.2) is 14.8 Å². The lowest BCUT2D eigenvalue weighted by molar-refractivity contribution is 0.596. The van der Waals surface area contributed by atoms with E-state index in [2.05, 4.69) is 10.1 Å². The van der Waals surface area contributed by atoms with E-state index < -0.39 is 11.1 Å². The number of H-pyrrole nitrogens is 1. The van der Waals surface area contributed by atoms with Gasteiger partial charge < -0.3 is 5.73 Å². The van der Waals surface area contributed by atoms with E-state index in [9.17, 15) is 9.59 Å². The number of nitrogen functional groups attached to an aromatic ring is 1. The first-order valence-electron chi connectivity index (χ1n) is 5.31. The summed E-state index contributed by atoms with van der Waals surface area (Å²) in [5.41, 5.74) is 5.74. The highest BCUT2D eigenvalue weighted by Gasteiger charge is 2.07. The van der Waals surface area contributed by atoms with Gasteiger partial charge in [-0.3, -0.25) is 19.4 Å². The van der Waals surface area contributed by atoms with Gasteiger partial charge in [0.05, 0.1) is 0 Å². The summed E-state index contributed by atoms with van der Waals surface area (Å²) < 4.78 is 1.40. The molecule has 1 heterocycles. The summed E-state index contributed by atoms with van der Waals surface area (Å²) in [6.45, 7) is 0. The molecular weight excluding hydrogens is 288 g/mol. The van der Waals surface area contributed by atoms with Crippen LogP contribution in [0.5, 0.6) is 0 Å². The number of thioether (sulfide) groups is 1. The highest BCUT2D eigenvalue weighted by molar-refractivity contribution is 7.98. The lowest BCUT2D eigenvalue weighted by Gasteiger charge is -2.08. The minimum Gasteiger partial charge on any atom is -0.398 e. The number of rotatable bonds is 3. The van der Waals surface area contributed by atoms with Crippen molar-refractivity contribution in [2.24, 2.45) is 7.05 Å². The summed E-state index contributed by atoms with van der Waals surface area (Å²) >= 11 is 7.18. The zero-order valence-corrected chi connectivity index (χ0v) is 11.6. The second-order valence-electron chi connectivity index (χ2n) is 3.83. The first-order valence-corrected chi connectivity index (χ1v) is 6.68. The van der Waals surface area contributed by atoms with Crippen molar-refractivity contribution in [3.63, 3.8) is 0 Å². The summed E-state index contributed by atoms with van der Waals surface area (Å²) in [6.07, 6.45) is 0. The van der Waals surface area contributed by atoms with Gasteiger partial charge in [0.25, 0.3) is 0 Å². The smallest absolute Gasteiger partial charge is 0.339 e. The molecule has 6 nitrogen and oxygen atoms in total. The van der Waals surface area contributed by atoms with Crippen LogP contribution < -0.4 is 16.9 Å². The lowest BCUT2D eigenvalue weighted by atomic mass is 10.2. The molecule has 8 heteroatoms. The molecule has 1 aromatic carbocycles. The second kappa shape index (κ2) is 5.50. The van der Waals surface area contributed by atoms with Crippen LogP contribution in [0.15, 0.2) is 32.9 Å². The molecule has 100 valence electrons. The van der Waals surface area contributed by atoms with Crippen LogP contribution in [0, 0.1) is 0 Å². The minimum absolute atomic E-state index is 0.406. The van der Waals surface area contributed by atoms with Crippen LogP contribution in [0.25, 0.3) is 0 Å². The number of nitrogens with two attached hydrogens (primary N) is 1. The zero-order chi connectivity index (χ0) is 14.0. The molecule has 0 unspecified atom stereocenters. The number of aromatic amines is 1. The average Bonchev–Trinajstić information content (AvgIpc) is 2.36. The molecule has 0 atom stereocenters. The van der Waals surface area contributed by atoms with Crippen LogP contribution in [0.3, 0.4) is 0 Å². The predicted molar refractivity (Wildman–Crippen MR) is 75.5 cm³/mol. The van der Waals surface area contributed by atoms with E-state index in [0.717, 1.165) is 5.56 Å². The van der Waals surface area contributed by atoms with E-state index in [1.807, 2.05) is 0 Å². The molecule has 0 radical (unpaired) electrons. The third-order valence-electron chi connectivity index (χ3n) is 2.41. The third-order valence-corrected chi connectivity index (χ3v) is 3.72. The van der Waals surface area contributed by atoms with Crippen molar-refractivity contribution in [1.29, 1.82) is 0 Å². The van der Waals surface area contributed by atoms with Crippen molar-refractivity contribution >= 4 is 29.1 Å². The molecule has 19 heavy (non-hydrogen) atoms. The molecule has 0 bridgehead atoms. The molecule has 0 aliphatic carbocycles. The Kier molecular flexibility index (Phi) is 3.96. The van der Waals surface area contributed by atoms with Crippen molar-refractivity contribution in [1.82, 2.24) is 14.8 Å². The Morgan fingerprint density at radius 1 is 1.47 bits per heavy atom. The molecule has 3 N–H and O–H groups in total. The molecule has 0 aliphatic heterocycles. The van der Waals surface area contributed by atoms with Crippen LogP contribution in [0.2, 0.25) is 5.02 Å². The van der Waals surface area contributed by atoms with Crippen molar-refractivity contribution in [2.75, 3.05) is 5.73 Å². The van der Waals surface area contributed by atoms with Gasteiger partial charge in [-0.1, -0.05) is 23.4 Å². The Bertz CT molecular complexity index is 725. The number of benzene rings is 1. The maximum Gasteiger partial charge on any atom is 0.339 e. The molecule has 1 aromatic heterocycles. The Morgan fingerprint density at radius 2 is 2.21 bits per heavy atom. The lowest BCUT2D eigenvalue weighted by Crippen LogP contribution is -2.33. The number of hydrogen-bond donors (Lipinski definition) is 2. The van der Waals surface area contributed by atoms with Crippen LogP contribution in [-0.2, 0) is 12.8 Å². The number of aryl methyl sites for hydroxylation is 1. The van der Waals surface area contributed by atoms with Crippen molar-refractivity contribution in [3.8, 4) is 0 Å². The number of aromatic nitrogens is 3. The number of anilines is 1. The zero-order valence-electron chi connectivity index (χ0n) is 10.0. The molecule has 0 aliphatic rings. The largest absolute Gasteiger partial charge is 0.398 e. The quantitative estimate of drug-likeness (QED) is 0.501. The molecule has 0 amide bonds. The monoisotopic (exact) mass is 298 g/mol. The normalized spacial score (nSPS) is 10.6. The Hall–Kier alpha value is -1.73. The average molecular weight is 299 g/mol. The fourth-order valence-corrected chi connectivity index (χ4v) is 2.55. The van der Waals surface area contributed by atoms with Crippen molar-refractivity contribution in [3.05, 3.63) is 49.5 Å². The number of hydrogen-bond acceptors (Lipinski definition) is 5. The van der Waals surface area contributed by atoms with Gasteiger partial charge >= 0.3 is 11.1 Å². The topological polar surface area (TPSA) is 93.8 Å². The Labute approximate surface area is 117 Å². The van der Waals surface area contributed by atoms with Gasteiger partial charge in [0, 0.05) is 23.5 Å². The summed E-state index contributed by atoms with van der Waals surface area (Å²) in [5.74, 6) is 0.499. The molecule has 0 saturated heterocycles. The fraction of sp³-hybridized carbons (Fsp3) is 0.182. The summed E-state index contributed by atoms with van der Waals surface area (Å²) in [6, 6.07) is 5.18. The minimum atomic E-state index is -0.806. The number of halogens is 1. The fourth-order valence-electron chi connectivity index (χ4n) is 1.43. The standard InChI is InChI=1S/C11H11ClN4O2S/c1-16-11(14-9(17)10(18)15-16)19-5-6-4-7(12)2-3-8(6)13/h2-4H,5,13H2,1H3,(H,15,18). The predicted octanol–water partition coefficient (Wildman–Crippen LogP) is 0.996. The molecule has 0 spiro atoms. The van der Waals surface area contributed by atoms with E-state index in [-0.39, 0.29) is 0 Å². The maximum atomic E-state index is 11.2. The number of nitrogens with zero attached hydrogens (tertiary/aromatic N) is 2.